The molecule has 0 amide bonds. The van der Waals surface area contributed by atoms with E-state index in [2.05, 4.69) is 32.8 Å². The monoisotopic (exact) mass is 252 g/mol. The van der Waals surface area contributed by atoms with E-state index in [1.165, 1.54) is 0 Å². The molecule has 0 radical (unpaired) electrons. The zero-order valence-corrected chi connectivity index (χ0v) is 12.4. The van der Waals surface area contributed by atoms with E-state index in [4.69, 9.17) is 0 Å². The molecule has 104 valence electrons. The molecule has 1 heterocycles. The van der Waals surface area contributed by atoms with Crippen LogP contribution in [0.3, 0.4) is 0 Å². The second kappa shape index (κ2) is 7.45. The molecule has 0 saturated heterocycles. The highest BCUT2D eigenvalue weighted by Gasteiger charge is 2.17. The van der Waals surface area contributed by atoms with Gasteiger partial charge in [0.05, 0.1) is 5.69 Å². The van der Waals surface area contributed by atoms with Crippen LogP contribution in [0.4, 0.5) is 0 Å². The van der Waals surface area contributed by atoms with Crippen LogP contribution in [0.15, 0.2) is 0 Å². The van der Waals surface area contributed by atoms with Gasteiger partial charge in [0.2, 0.25) is 0 Å². The lowest BCUT2D eigenvalue weighted by Gasteiger charge is -2.09. The Hall–Kier alpha value is -0.990. The van der Waals surface area contributed by atoms with Gasteiger partial charge < -0.3 is 5.11 Å². The van der Waals surface area contributed by atoms with Crippen molar-refractivity contribution in [2.75, 3.05) is 0 Å². The van der Waals surface area contributed by atoms with Crippen LogP contribution < -0.4 is 0 Å². The van der Waals surface area contributed by atoms with Gasteiger partial charge in [-0.2, -0.15) is 5.10 Å². The average Bonchev–Trinajstić information content (AvgIpc) is 2.61. The van der Waals surface area contributed by atoms with Crippen molar-refractivity contribution >= 4 is 0 Å². The van der Waals surface area contributed by atoms with Gasteiger partial charge in [0.15, 0.2) is 5.75 Å². The van der Waals surface area contributed by atoms with Gasteiger partial charge in [0.1, 0.15) is 5.69 Å². The summed E-state index contributed by atoms with van der Waals surface area (Å²) in [6.07, 6.45) is 6.33. The van der Waals surface area contributed by atoms with Gasteiger partial charge >= 0.3 is 0 Å². The maximum atomic E-state index is 10.3. The molecule has 0 saturated carbocycles. The SMILES string of the molecule is CCCCc1nn(CCCC)c(CC(C)C)c1O. The Morgan fingerprint density at radius 3 is 2.39 bits per heavy atom. The summed E-state index contributed by atoms with van der Waals surface area (Å²) in [5.41, 5.74) is 1.92. The van der Waals surface area contributed by atoms with Crippen molar-refractivity contribution in [2.24, 2.45) is 5.92 Å². The maximum Gasteiger partial charge on any atom is 0.160 e. The van der Waals surface area contributed by atoms with Crippen molar-refractivity contribution in [3.8, 4) is 5.75 Å². The largest absolute Gasteiger partial charge is 0.504 e. The third-order valence-electron chi connectivity index (χ3n) is 3.19. The number of aromatic nitrogens is 2. The van der Waals surface area contributed by atoms with E-state index < -0.39 is 0 Å². The highest BCUT2D eigenvalue weighted by molar-refractivity contribution is 5.32. The quantitative estimate of drug-likeness (QED) is 0.761. The average molecular weight is 252 g/mol. The lowest BCUT2D eigenvalue weighted by Crippen LogP contribution is -2.07. The fourth-order valence-electron chi connectivity index (χ4n) is 2.14. The van der Waals surface area contributed by atoms with Crippen molar-refractivity contribution in [2.45, 2.75) is 72.8 Å². The molecule has 0 fully saturated rings. The van der Waals surface area contributed by atoms with Crippen LogP contribution in [0.5, 0.6) is 5.75 Å². The predicted molar refractivity (Wildman–Crippen MR) is 76.0 cm³/mol. The molecule has 0 unspecified atom stereocenters. The van der Waals surface area contributed by atoms with E-state index in [1.54, 1.807) is 0 Å². The Kier molecular flexibility index (Phi) is 6.23. The summed E-state index contributed by atoms with van der Waals surface area (Å²) >= 11 is 0. The maximum absolute atomic E-state index is 10.3. The highest BCUT2D eigenvalue weighted by Crippen LogP contribution is 2.26. The molecule has 18 heavy (non-hydrogen) atoms. The van der Waals surface area contributed by atoms with Crippen LogP contribution in [-0.4, -0.2) is 14.9 Å². The second-order valence-corrected chi connectivity index (χ2v) is 5.52. The number of unbranched alkanes of at least 4 members (excludes halogenated alkanes) is 2. The van der Waals surface area contributed by atoms with Crippen LogP contribution in [0, 0.1) is 5.92 Å². The summed E-state index contributed by atoms with van der Waals surface area (Å²) in [7, 11) is 0. The summed E-state index contributed by atoms with van der Waals surface area (Å²) < 4.78 is 2.03. The number of aromatic hydroxyl groups is 1. The molecule has 0 atom stereocenters. The van der Waals surface area contributed by atoms with Crippen molar-refractivity contribution in [3.63, 3.8) is 0 Å². The molecule has 0 spiro atoms. The first kappa shape index (κ1) is 15.1. The van der Waals surface area contributed by atoms with Crippen molar-refractivity contribution in [1.29, 1.82) is 0 Å². The van der Waals surface area contributed by atoms with E-state index in [9.17, 15) is 5.11 Å². The summed E-state index contributed by atoms with van der Waals surface area (Å²) in [4.78, 5) is 0. The molecule has 0 bridgehead atoms. The number of rotatable bonds is 8. The van der Waals surface area contributed by atoms with Crippen molar-refractivity contribution < 1.29 is 5.11 Å². The van der Waals surface area contributed by atoms with Gasteiger partial charge in [0, 0.05) is 6.54 Å². The van der Waals surface area contributed by atoms with Crippen LogP contribution >= 0.6 is 0 Å². The third kappa shape index (κ3) is 4.04. The summed E-state index contributed by atoms with van der Waals surface area (Å²) in [6.45, 7) is 9.65. The summed E-state index contributed by atoms with van der Waals surface area (Å²) in [5, 5.41) is 14.9. The van der Waals surface area contributed by atoms with E-state index in [-0.39, 0.29) is 0 Å². The van der Waals surface area contributed by atoms with Crippen LogP contribution in [0.2, 0.25) is 0 Å². The predicted octanol–water partition coefficient (Wildman–Crippen LogP) is 3.93. The Labute approximate surface area is 111 Å². The molecule has 1 rings (SSSR count). The van der Waals surface area contributed by atoms with E-state index in [0.29, 0.717) is 11.7 Å². The normalized spacial score (nSPS) is 11.4. The second-order valence-electron chi connectivity index (χ2n) is 5.52. The smallest absolute Gasteiger partial charge is 0.160 e. The Morgan fingerprint density at radius 1 is 1.17 bits per heavy atom. The summed E-state index contributed by atoms with van der Waals surface area (Å²) in [6, 6.07) is 0. The first-order chi connectivity index (χ1) is 8.60. The molecule has 0 aliphatic carbocycles. The van der Waals surface area contributed by atoms with Crippen LogP contribution in [-0.2, 0) is 19.4 Å². The highest BCUT2D eigenvalue weighted by atomic mass is 16.3. The fourth-order valence-corrected chi connectivity index (χ4v) is 2.14. The fraction of sp³-hybridized carbons (Fsp3) is 0.800. The number of aryl methyl sites for hydroxylation is 2. The lowest BCUT2D eigenvalue weighted by molar-refractivity contribution is 0.446. The van der Waals surface area contributed by atoms with Crippen molar-refractivity contribution in [3.05, 3.63) is 11.4 Å². The minimum atomic E-state index is 0.452. The molecule has 1 N–H and O–H groups in total. The molecular weight excluding hydrogens is 224 g/mol. The zero-order chi connectivity index (χ0) is 13.5. The number of hydrogen-bond donors (Lipinski definition) is 1. The Balaban J connectivity index is 2.90. The number of hydrogen-bond acceptors (Lipinski definition) is 2. The van der Waals surface area contributed by atoms with Gasteiger partial charge in [-0.25, -0.2) is 0 Å². The molecule has 0 aliphatic rings. The molecule has 1 aromatic rings. The van der Waals surface area contributed by atoms with E-state index >= 15 is 0 Å². The van der Waals surface area contributed by atoms with Crippen molar-refractivity contribution in [1.82, 2.24) is 9.78 Å². The van der Waals surface area contributed by atoms with Crippen LogP contribution in [0.25, 0.3) is 0 Å². The van der Waals surface area contributed by atoms with Gasteiger partial charge in [-0.1, -0.05) is 40.5 Å². The molecule has 3 nitrogen and oxygen atoms in total. The minimum absolute atomic E-state index is 0.452. The molecule has 0 aromatic carbocycles. The lowest BCUT2D eigenvalue weighted by atomic mass is 10.1. The van der Waals surface area contributed by atoms with E-state index in [1.807, 2.05) is 4.68 Å². The van der Waals surface area contributed by atoms with Crippen LogP contribution in [0.1, 0.15) is 64.8 Å². The number of nitrogens with zero attached hydrogens (tertiary/aromatic N) is 2. The molecule has 0 aliphatic heterocycles. The zero-order valence-electron chi connectivity index (χ0n) is 12.4. The third-order valence-corrected chi connectivity index (χ3v) is 3.19. The van der Waals surface area contributed by atoms with Gasteiger partial charge in [-0.3, -0.25) is 4.68 Å². The first-order valence-corrected chi connectivity index (χ1v) is 7.37. The Morgan fingerprint density at radius 2 is 1.83 bits per heavy atom. The van der Waals surface area contributed by atoms with E-state index in [0.717, 1.165) is 56.5 Å². The standard InChI is InChI=1S/C15H28N2O/c1-5-7-9-13-15(18)14(11-12(3)4)17(16-13)10-8-6-2/h12,18H,5-11H2,1-4H3. The molecule has 1 aromatic heterocycles. The molecule has 3 heteroatoms. The Bertz CT molecular complexity index is 356. The van der Waals surface area contributed by atoms with Gasteiger partial charge in [0.25, 0.3) is 0 Å². The molecular formula is C15H28N2O. The van der Waals surface area contributed by atoms with Gasteiger partial charge in [-0.15, -0.1) is 0 Å². The van der Waals surface area contributed by atoms with Gasteiger partial charge in [-0.05, 0) is 31.6 Å². The summed E-state index contributed by atoms with van der Waals surface area (Å²) in [5.74, 6) is 1.00. The topological polar surface area (TPSA) is 38.0 Å². The first-order valence-electron chi connectivity index (χ1n) is 7.37. The minimum Gasteiger partial charge on any atom is -0.504 e.